The van der Waals surface area contributed by atoms with Gasteiger partial charge in [0.15, 0.2) is 0 Å². The van der Waals surface area contributed by atoms with Crippen molar-refractivity contribution < 1.29 is 14.3 Å². The van der Waals surface area contributed by atoms with E-state index < -0.39 is 11.9 Å². The minimum absolute atomic E-state index is 0.0849. The molecule has 0 saturated heterocycles. The maximum Gasteiger partial charge on any atom is 0.316 e. The fourth-order valence-electron chi connectivity index (χ4n) is 0.860. The Labute approximate surface area is 78.8 Å². The zero-order valence-corrected chi connectivity index (χ0v) is 8.21. The molecule has 0 amide bonds. The first-order valence-electron chi connectivity index (χ1n) is 4.43. The van der Waals surface area contributed by atoms with Crippen molar-refractivity contribution in [2.24, 2.45) is 5.92 Å². The number of ketones is 1. The van der Waals surface area contributed by atoms with Gasteiger partial charge in [0, 0.05) is 6.42 Å². The second kappa shape index (κ2) is 6.40. The Kier molecular flexibility index (Phi) is 5.85. The van der Waals surface area contributed by atoms with Crippen LogP contribution >= 0.6 is 0 Å². The Hall–Kier alpha value is -1.12. The Morgan fingerprint density at radius 2 is 2.15 bits per heavy atom. The second-order valence-electron chi connectivity index (χ2n) is 2.77. The van der Waals surface area contributed by atoms with Crippen LogP contribution in [0.5, 0.6) is 0 Å². The standard InChI is InChI=1S/C10H16O3/c1-4-6-7-9(11)8(3)10(12)13-5-2/h4,8H,1,5-7H2,2-3H3. The van der Waals surface area contributed by atoms with Gasteiger partial charge in [-0.3, -0.25) is 9.59 Å². The second-order valence-corrected chi connectivity index (χ2v) is 2.77. The molecule has 1 unspecified atom stereocenters. The van der Waals surface area contributed by atoms with Crippen molar-refractivity contribution in [1.29, 1.82) is 0 Å². The third kappa shape index (κ3) is 4.45. The molecule has 0 aromatic heterocycles. The van der Waals surface area contributed by atoms with Crippen molar-refractivity contribution >= 4 is 11.8 Å². The quantitative estimate of drug-likeness (QED) is 0.358. The Balaban J connectivity index is 3.93. The summed E-state index contributed by atoms with van der Waals surface area (Å²) in [6.45, 7) is 7.12. The van der Waals surface area contributed by atoms with E-state index in [0.717, 1.165) is 0 Å². The largest absolute Gasteiger partial charge is 0.465 e. The predicted octanol–water partition coefficient (Wildman–Crippen LogP) is 1.72. The summed E-state index contributed by atoms with van der Waals surface area (Å²) in [5.41, 5.74) is 0. The van der Waals surface area contributed by atoms with Crippen molar-refractivity contribution in [2.75, 3.05) is 6.61 Å². The molecule has 0 aliphatic carbocycles. The minimum Gasteiger partial charge on any atom is -0.465 e. The number of hydrogen-bond donors (Lipinski definition) is 0. The van der Waals surface area contributed by atoms with E-state index in [9.17, 15) is 9.59 Å². The van der Waals surface area contributed by atoms with Crippen LogP contribution in [0.2, 0.25) is 0 Å². The molecule has 0 N–H and O–H groups in total. The van der Waals surface area contributed by atoms with Gasteiger partial charge in [0.25, 0.3) is 0 Å². The molecule has 3 nitrogen and oxygen atoms in total. The maximum absolute atomic E-state index is 11.3. The molecule has 0 aromatic carbocycles. The molecule has 0 aliphatic heterocycles. The van der Waals surface area contributed by atoms with Crippen LogP contribution in [0.1, 0.15) is 26.7 Å². The highest BCUT2D eigenvalue weighted by atomic mass is 16.5. The van der Waals surface area contributed by atoms with Crippen molar-refractivity contribution in [3.8, 4) is 0 Å². The number of esters is 1. The van der Waals surface area contributed by atoms with Crippen LogP contribution < -0.4 is 0 Å². The summed E-state index contributed by atoms with van der Waals surface area (Å²) in [5, 5.41) is 0. The average Bonchev–Trinajstić information content (AvgIpc) is 2.13. The van der Waals surface area contributed by atoms with E-state index in [1.54, 1.807) is 19.9 Å². The summed E-state index contributed by atoms with van der Waals surface area (Å²) in [4.78, 5) is 22.3. The molecule has 0 aliphatic rings. The van der Waals surface area contributed by atoms with E-state index in [4.69, 9.17) is 4.74 Å². The van der Waals surface area contributed by atoms with Crippen LogP contribution in [-0.2, 0) is 14.3 Å². The molecule has 1 atom stereocenters. The molecule has 3 heteroatoms. The predicted molar refractivity (Wildman–Crippen MR) is 50.2 cm³/mol. The summed E-state index contributed by atoms with van der Waals surface area (Å²) in [7, 11) is 0. The smallest absolute Gasteiger partial charge is 0.316 e. The summed E-state index contributed by atoms with van der Waals surface area (Å²) in [5.74, 6) is -1.16. The summed E-state index contributed by atoms with van der Waals surface area (Å²) >= 11 is 0. The first kappa shape index (κ1) is 11.9. The first-order chi connectivity index (χ1) is 6.13. The van der Waals surface area contributed by atoms with Gasteiger partial charge in [-0.1, -0.05) is 6.08 Å². The maximum atomic E-state index is 11.3. The SMILES string of the molecule is C=CCCC(=O)C(C)C(=O)OCC. The number of allylic oxidation sites excluding steroid dienone is 1. The lowest BCUT2D eigenvalue weighted by Gasteiger charge is -2.07. The molecule has 0 radical (unpaired) electrons. The molecule has 0 bridgehead atoms. The third-order valence-electron chi connectivity index (χ3n) is 1.72. The molecule has 0 rings (SSSR count). The Morgan fingerprint density at radius 3 is 2.62 bits per heavy atom. The van der Waals surface area contributed by atoms with Crippen LogP contribution in [0.15, 0.2) is 12.7 Å². The van der Waals surface area contributed by atoms with Gasteiger partial charge in [-0.05, 0) is 20.3 Å². The lowest BCUT2D eigenvalue weighted by molar-refractivity contribution is -0.150. The summed E-state index contributed by atoms with van der Waals surface area (Å²) in [6.07, 6.45) is 2.64. The topological polar surface area (TPSA) is 43.4 Å². The van der Waals surface area contributed by atoms with Gasteiger partial charge in [0.2, 0.25) is 0 Å². The third-order valence-corrected chi connectivity index (χ3v) is 1.72. The van der Waals surface area contributed by atoms with Crippen molar-refractivity contribution in [3.05, 3.63) is 12.7 Å². The lowest BCUT2D eigenvalue weighted by Crippen LogP contribution is -2.23. The average molecular weight is 184 g/mol. The van der Waals surface area contributed by atoms with E-state index in [2.05, 4.69) is 6.58 Å². The van der Waals surface area contributed by atoms with Gasteiger partial charge < -0.3 is 4.74 Å². The molecular weight excluding hydrogens is 168 g/mol. The fraction of sp³-hybridized carbons (Fsp3) is 0.600. The number of Topliss-reactive ketones (excluding diaryl/α,β-unsaturated/α-hetero) is 1. The van der Waals surface area contributed by atoms with E-state index in [0.29, 0.717) is 19.4 Å². The van der Waals surface area contributed by atoms with Crippen LogP contribution in [0.25, 0.3) is 0 Å². The van der Waals surface area contributed by atoms with E-state index in [1.807, 2.05) is 0 Å². The van der Waals surface area contributed by atoms with Crippen LogP contribution in [0.4, 0.5) is 0 Å². The number of carbonyl (C=O) groups excluding carboxylic acids is 2. The molecule has 0 heterocycles. The fourth-order valence-corrected chi connectivity index (χ4v) is 0.860. The molecular formula is C10H16O3. The van der Waals surface area contributed by atoms with Gasteiger partial charge in [-0.25, -0.2) is 0 Å². The minimum atomic E-state index is -0.639. The summed E-state index contributed by atoms with van der Waals surface area (Å²) < 4.78 is 4.72. The lowest BCUT2D eigenvalue weighted by atomic mass is 10.0. The summed E-state index contributed by atoms with van der Waals surface area (Å²) in [6, 6.07) is 0. The normalized spacial score (nSPS) is 11.8. The number of hydrogen-bond acceptors (Lipinski definition) is 3. The van der Waals surface area contributed by atoms with Crippen molar-refractivity contribution in [2.45, 2.75) is 26.7 Å². The van der Waals surface area contributed by atoms with Gasteiger partial charge >= 0.3 is 5.97 Å². The highest BCUT2D eigenvalue weighted by molar-refractivity contribution is 5.98. The van der Waals surface area contributed by atoms with Crippen LogP contribution in [0.3, 0.4) is 0 Å². The van der Waals surface area contributed by atoms with E-state index in [1.165, 1.54) is 0 Å². The number of ether oxygens (including phenoxy) is 1. The molecule has 0 saturated carbocycles. The molecule has 74 valence electrons. The molecule has 0 spiro atoms. The first-order valence-corrected chi connectivity index (χ1v) is 4.43. The highest BCUT2D eigenvalue weighted by Crippen LogP contribution is 2.05. The van der Waals surface area contributed by atoms with Gasteiger partial charge in [0.05, 0.1) is 6.61 Å². The van der Waals surface area contributed by atoms with E-state index >= 15 is 0 Å². The highest BCUT2D eigenvalue weighted by Gasteiger charge is 2.21. The van der Waals surface area contributed by atoms with Crippen molar-refractivity contribution in [3.63, 3.8) is 0 Å². The van der Waals surface area contributed by atoms with Crippen LogP contribution in [0, 0.1) is 5.92 Å². The Bertz CT molecular complexity index is 196. The molecule has 0 aromatic rings. The van der Waals surface area contributed by atoms with Crippen molar-refractivity contribution in [1.82, 2.24) is 0 Å². The Morgan fingerprint density at radius 1 is 1.54 bits per heavy atom. The van der Waals surface area contributed by atoms with Gasteiger partial charge in [-0.2, -0.15) is 0 Å². The number of carbonyl (C=O) groups is 2. The zero-order valence-electron chi connectivity index (χ0n) is 8.21. The molecule has 13 heavy (non-hydrogen) atoms. The number of rotatable bonds is 6. The van der Waals surface area contributed by atoms with Gasteiger partial charge in [-0.15, -0.1) is 6.58 Å². The van der Waals surface area contributed by atoms with E-state index in [-0.39, 0.29) is 5.78 Å². The van der Waals surface area contributed by atoms with Gasteiger partial charge in [0.1, 0.15) is 11.7 Å². The van der Waals surface area contributed by atoms with Crippen LogP contribution in [-0.4, -0.2) is 18.4 Å². The monoisotopic (exact) mass is 184 g/mol. The molecule has 0 fully saturated rings. The zero-order chi connectivity index (χ0) is 10.3.